The Hall–Kier alpha value is -2.03. The summed E-state index contributed by atoms with van der Waals surface area (Å²) in [5, 5.41) is 0. The Morgan fingerprint density at radius 2 is 1.96 bits per heavy atom. The number of amides is 1. The van der Waals surface area contributed by atoms with Crippen molar-refractivity contribution in [2.75, 3.05) is 24.5 Å². The van der Waals surface area contributed by atoms with Gasteiger partial charge < -0.3 is 15.4 Å². The van der Waals surface area contributed by atoms with E-state index >= 15 is 0 Å². The zero-order valence-electron chi connectivity index (χ0n) is 15.2. The largest absolute Gasteiger partial charge is 0.573 e. The molecule has 0 aromatic heterocycles. The highest BCUT2D eigenvalue weighted by Crippen LogP contribution is 2.44. The van der Waals surface area contributed by atoms with E-state index in [1.165, 1.54) is 12.1 Å². The molecule has 1 unspecified atom stereocenters. The summed E-state index contributed by atoms with van der Waals surface area (Å²) in [5.74, 6) is -0.133. The Balaban J connectivity index is 1.48. The van der Waals surface area contributed by atoms with Gasteiger partial charge in [-0.15, -0.1) is 13.2 Å². The molecule has 2 heterocycles. The van der Waals surface area contributed by atoms with Gasteiger partial charge in [-0.25, -0.2) is 4.39 Å². The number of ether oxygens (including phenoxy) is 1. The minimum atomic E-state index is -4.73. The second kappa shape index (κ2) is 7.09. The summed E-state index contributed by atoms with van der Waals surface area (Å²) < 4.78 is 55.4. The molecule has 9 heteroatoms. The third-order valence-corrected chi connectivity index (χ3v) is 6.28. The van der Waals surface area contributed by atoms with Crippen molar-refractivity contribution < 1.29 is 27.1 Å². The van der Waals surface area contributed by atoms with Crippen molar-refractivity contribution in [2.24, 2.45) is 17.6 Å². The molecule has 0 spiro atoms. The molecule has 3 fully saturated rings. The Bertz CT molecular complexity index is 744. The van der Waals surface area contributed by atoms with Crippen LogP contribution < -0.4 is 15.4 Å². The number of fused-ring (bicyclic) bond motifs is 1. The number of halogens is 4. The van der Waals surface area contributed by atoms with Crippen LogP contribution in [-0.4, -0.2) is 55.1 Å². The van der Waals surface area contributed by atoms with Crippen molar-refractivity contribution in [1.82, 2.24) is 4.90 Å². The third kappa shape index (κ3) is 3.76. The standard InChI is InChI=1S/C19H23F4N3O2/c20-12-6-17(18(24)27)26(9-12)16-5-4-11-8-25(10-15(11)16)13-2-1-3-14(7-13)28-19(21,22)23/h1-3,7,11-12,15-17H,4-6,8-10H2,(H2,24,27)/t11-,12+,15+,16?,17+/m1/s1. The van der Waals surface area contributed by atoms with E-state index in [0.717, 1.165) is 19.4 Å². The van der Waals surface area contributed by atoms with Gasteiger partial charge in [-0.3, -0.25) is 9.69 Å². The Morgan fingerprint density at radius 3 is 2.68 bits per heavy atom. The van der Waals surface area contributed by atoms with Crippen molar-refractivity contribution >= 4 is 11.6 Å². The molecular formula is C19H23F4N3O2. The normalized spacial score (nSPS) is 33.3. The van der Waals surface area contributed by atoms with Crippen LogP contribution in [0.3, 0.4) is 0 Å². The van der Waals surface area contributed by atoms with Gasteiger partial charge in [0.1, 0.15) is 11.9 Å². The van der Waals surface area contributed by atoms with Gasteiger partial charge in [-0.2, -0.15) is 0 Å². The van der Waals surface area contributed by atoms with Gasteiger partial charge in [0.25, 0.3) is 0 Å². The first-order valence-corrected chi connectivity index (χ1v) is 9.51. The van der Waals surface area contributed by atoms with Crippen molar-refractivity contribution in [2.45, 2.75) is 43.9 Å². The van der Waals surface area contributed by atoms with E-state index in [4.69, 9.17) is 5.73 Å². The summed E-state index contributed by atoms with van der Waals surface area (Å²) in [6.07, 6.45) is -3.80. The lowest BCUT2D eigenvalue weighted by molar-refractivity contribution is -0.274. The fourth-order valence-electron chi connectivity index (χ4n) is 5.19. The lowest BCUT2D eigenvalue weighted by atomic mass is 9.96. The number of carbonyl (C=O) groups is 1. The van der Waals surface area contributed by atoms with Crippen molar-refractivity contribution in [3.8, 4) is 5.75 Å². The van der Waals surface area contributed by atoms with Crippen LogP contribution in [-0.2, 0) is 4.79 Å². The number of nitrogens with zero attached hydrogens (tertiary/aromatic N) is 2. The van der Waals surface area contributed by atoms with E-state index in [9.17, 15) is 22.4 Å². The number of benzene rings is 1. The Kier molecular flexibility index (Phi) is 4.89. The summed E-state index contributed by atoms with van der Waals surface area (Å²) in [6.45, 7) is 1.60. The average molecular weight is 401 g/mol. The quantitative estimate of drug-likeness (QED) is 0.789. The molecule has 2 N–H and O–H groups in total. The number of primary amides is 1. The molecule has 4 rings (SSSR count). The second-order valence-corrected chi connectivity index (χ2v) is 7.97. The molecule has 1 aliphatic carbocycles. The number of nitrogens with two attached hydrogens (primary N) is 1. The van der Waals surface area contributed by atoms with E-state index in [1.807, 2.05) is 9.80 Å². The summed E-state index contributed by atoms with van der Waals surface area (Å²) >= 11 is 0. The van der Waals surface area contributed by atoms with Crippen LogP contribution in [0.2, 0.25) is 0 Å². The molecule has 5 nitrogen and oxygen atoms in total. The number of rotatable bonds is 4. The minimum absolute atomic E-state index is 0.0721. The number of carbonyl (C=O) groups excluding carboxylic acids is 1. The van der Waals surface area contributed by atoms with Crippen molar-refractivity contribution in [1.29, 1.82) is 0 Å². The maximum Gasteiger partial charge on any atom is 0.573 e. The predicted octanol–water partition coefficient (Wildman–Crippen LogP) is 2.70. The van der Waals surface area contributed by atoms with E-state index < -0.39 is 24.5 Å². The highest BCUT2D eigenvalue weighted by Gasteiger charge is 2.49. The highest BCUT2D eigenvalue weighted by molar-refractivity contribution is 5.80. The van der Waals surface area contributed by atoms with Crippen LogP contribution in [0.25, 0.3) is 0 Å². The molecule has 1 aromatic carbocycles. The second-order valence-electron chi connectivity index (χ2n) is 7.97. The molecule has 2 saturated heterocycles. The van der Waals surface area contributed by atoms with Crippen LogP contribution >= 0.6 is 0 Å². The molecule has 28 heavy (non-hydrogen) atoms. The van der Waals surface area contributed by atoms with Gasteiger partial charge in [0.05, 0.1) is 6.04 Å². The summed E-state index contributed by atoms with van der Waals surface area (Å²) in [5.41, 5.74) is 6.15. The molecule has 1 saturated carbocycles. The van der Waals surface area contributed by atoms with E-state index in [-0.39, 0.29) is 30.7 Å². The molecule has 0 radical (unpaired) electrons. The van der Waals surface area contributed by atoms with Crippen LogP contribution in [0.4, 0.5) is 23.2 Å². The summed E-state index contributed by atoms with van der Waals surface area (Å²) in [6, 6.07) is 5.47. The van der Waals surface area contributed by atoms with Gasteiger partial charge in [0.15, 0.2) is 0 Å². The monoisotopic (exact) mass is 401 g/mol. The molecule has 2 aliphatic heterocycles. The first-order chi connectivity index (χ1) is 13.2. The topological polar surface area (TPSA) is 58.8 Å². The van der Waals surface area contributed by atoms with E-state index in [2.05, 4.69) is 4.74 Å². The lowest BCUT2D eigenvalue weighted by Crippen LogP contribution is -2.48. The number of hydrogen-bond donors (Lipinski definition) is 1. The molecule has 1 aromatic rings. The first kappa shape index (κ1) is 19.3. The SMILES string of the molecule is NC(=O)[C@@H]1C[C@H](F)CN1C1CC[C@@H]2CN(c3cccc(OC(F)(F)F)c3)C[C@H]12. The number of alkyl halides is 4. The molecule has 5 atom stereocenters. The van der Waals surface area contributed by atoms with Crippen molar-refractivity contribution in [3.63, 3.8) is 0 Å². The predicted molar refractivity (Wildman–Crippen MR) is 94.5 cm³/mol. The van der Waals surface area contributed by atoms with Gasteiger partial charge in [0, 0.05) is 43.9 Å². The van der Waals surface area contributed by atoms with Gasteiger partial charge in [0.2, 0.25) is 5.91 Å². The van der Waals surface area contributed by atoms with Gasteiger partial charge in [-0.1, -0.05) is 6.07 Å². The average Bonchev–Trinajstić information content (AvgIpc) is 3.26. The summed E-state index contributed by atoms with van der Waals surface area (Å²) in [7, 11) is 0. The van der Waals surface area contributed by atoms with Gasteiger partial charge in [-0.05, 0) is 36.8 Å². The molecule has 3 aliphatic rings. The van der Waals surface area contributed by atoms with Gasteiger partial charge >= 0.3 is 6.36 Å². The Morgan fingerprint density at radius 1 is 1.18 bits per heavy atom. The number of hydrogen-bond acceptors (Lipinski definition) is 4. The zero-order valence-corrected chi connectivity index (χ0v) is 15.2. The van der Waals surface area contributed by atoms with Crippen LogP contribution in [0.15, 0.2) is 24.3 Å². The fourth-order valence-corrected chi connectivity index (χ4v) is 5.19. The minimum Gasteiger partial charge on any atom is -0.406 e. The fraction of sp³-hybridized carbons (Fsp3) is 0.632. The van der Waals surface area contributed by atoms with Crippen LogP contribution in [0.5, 0.6) is 5.75 Å². The van der Waals surface area contributed by atoms with Crippen LogP contribution in [0, 0.1) is 11.8 Å². The smallest absolute Gasteiger partial charge is 0.406 e. The molecule has 0 bridgehead atoms. The maximum atomic E-state index is 13.9. The lowest BCUT2D eigenvalue weighted by Gasteiger charge is -2.33. The maximum absolute atomic E-state index is 13.9. The summed E-state index contributed by atoms with van der Waals surface area (Å²) in [4.78, 5) is 15.7. The highest BCUT2D eigenvalue weighted by atomic mass is 19.4. The van der Waals surface area contributed by atoms with E-state index in [0.29, 0.717) is 18.2 Å². The Labute approximate surface area is 160 Å². The molecule has 1 amide bonds. The molecular weight excluding hydrogens is 378 g/mol. The first-order valence-electron chi connectivity index (χ1n) is 9.51. The third-order valence-electron chi connectivity index (χ3n) is 6.28. The van der Waals surface area contributed by atoms with Crippen LogP contribution in [0.1, 0.15) is 19.3 Å². The van der Waals surface area contributed by atoms with E-state index in [1.54, 1.807) is 12.1 Å². The molecule has 154 valence electrons. The number of anilines is 1. The van der Waals surface area contributed by atoms with Crippen molar-refractivity contribution in [3.05, 3.63) is 24.3 Å². The zero-order chi connectivity index (χ0) is 20.1. The number of likely N-dealkylation sites (tertiary alicyclic amines) is 1.